The van der Waals surface area contributed by atoms with Crippen molar-refractivity contribution in [1.29, 1.82) is 0 Å². The fourth-order valence-corrected chi connectivity index (χ4v) is 4.97. The summed E-state index contributed by atoms with van der Waals surface area (Å²) >= 11 is 0. The second-order valence-corrected chi connectivity index (χ2v) is 9.25. The topological polar surface area (TPSA) is 75.3 Å². The Balaban J connectivity index is 1.98. The molecule has 0 saturated heterocycles. The number of hydrogen-bond acceptors (Lipinski definition) is 3. The third kappa shape index (κ3) is 5.46. The summed E-state index contributed by atoms with van der Waals surface area (Å²) in [7, 11) is -4.22. The van der Waals surface area contributed by atoms with Gasteiger partial charge in [-0.3, -0.25) is 9.52 Å². The first kappa shape index (κ1) is 22.9. The first-order valence-electron chi connectivity index (χ1n) is 9.71. The molecule has 0 bridgehead atoms. The van der Waals surface area contributed by atoms with Crippen molar-refractivity contribution in [1.82, 2.24) is 5.32 Å². The van der Waals surface area contributed by atoms with Crippen molar-refractivity contribution in [3.05, 3.63) is 69.7 Å². The summed E-state index contributed by atoms with van der Waals surface area (Å²) in [5.41, 5.74) is 2.27. The minimum Gasteiger partial charge on any atom is -0.348 e. The van der Waals surface area contributed by atoms with Gasteiger partial charge >= 0.3 is 6.18 Å². The lowest BCUT2D eigenvalue weighted by Crippen LogP contribution is -2.41. The van der Waals surface area contributed by atoms with Crippen molar-refractivity contribution in [2.24, 2.45) is 0 Å². The zero-order valence-corrected chi connectivity index (χ0v) is 17.9. The Morgan fingerprint density at radius 2 is 1.87 bits per heavy atom. The number of rotatable bonds is 4. The van der Waals surface area contributed by atoms with E-state index in [1.165, 1.54) is 0 Å². The fraction of sp³-hybridized carbons (Fsp3) is 0.318. The van der Waals surface area contributed by atoms with E-state index in [-0.39, 0.29) is 4.91 Å². The zero-order chi connectivity index (χ0) is 22.8. The second kappa shape index (κ2) is 8.74. The molecule has 2 aliphatic carbocycles. The van der Waals surface area contributed by atoms with Crippen LogP contribution in [0, 0.1) is 0 Å². The number of carbonyl (C=O) groups is 1. The molecule has 0 saturated carbocycles. The van der Waals surface area contributed by atoms with Crippen molar-refractivity contribution in [3.8, 4) is 0 Å². The van der Waals surface area contributed by atoms with Gasteiger partial charge in [-0.15, -0.1) is 0 Å². The number of carbonyl (C=O) groups excluding carboxylic acids is 1. The lowest BCUT2D eigenvalue weighted by atomic mass is 9.96. The molecule has 0 aliphatic heterocycles. The van der Waals surface area contributed by atoms with E-state index < -0.39 is 40.1 Å². The average Bonchev–Trinajstić information content (AvgIpc) is 2.64. The summed E-state index contributed by atoms with van der Waals surface area (Å²) in [5.74, 6) is -0.619. The number of nitrogens with one attached hydrogen (secondary N) is 2. The summed E-state index contributed by atoms with van der Waals surface area (Å²) in [6.45, 7) is 3.11. The molecule has 1 aromatic carbocycles. The van der Waals surface area contributed by atoms with Gasteiger partial charge in [0.2, 0.25) is 5.91 Å². The first-order valence-corrected chi connectivity index (χ1v) is 11.2. The van der Waals surface area contributed by atoms with E-state index in [2.05, 4.69) is 10.0 Å². The Morgan fingerprint density at radius 1 is 1.13 bits per heavy atom. The largest absolute Gasteiger partial charge is 0.412 e. The van der Waals surface area contributed by atoms with Crippen LogP contribution in [-0.4, -0.2) is 26.5 Å². The lowest BCUT2D eigenvalue weighted by molar-refractivity contribution is -0.119. The predicted octanol–water partition coefficient (Wildman–Crippen LogP) is 4.62. The monoisotopic (exact) mass is 452 g/mol. The number of anilines is 1. The molecule has 166 valence electrons. The number of fused-ring (bicyclic) bond motifs is 1. The van der Waals surface area contributed by atoms with Gasteiger partial charge in [0.25, 0.3) is 10.0 Å². The van der Waals surface area contributed by atoms with Crippen molar-refractivity contribution >= 4 is 27.7 Å². The van der Waals surface area contributed by atoms with Gasteiger partial charge in [-0.2, -0.15) is 13.2 Å². The molecule has 1 atom stereocenters. The molecule has 31 heavy (non-hydrogen) atoms. The molecule has 0 radical (unpaired) electrons. The third-order valence-corrected chi connectivity index (χ3v) is 6.68. The predicted molar refractivity (Wildman–Crippen MR) is 115 cm³/mol. The number of benzene rings is 1. The maximum absolute atomic E-state index is 13.1. The average molecular weight is 452 g/mol. The Morgan fingerprint density at radius 3 is 2.55 bits per heavy atom. The number of halogens is 3. The first-order chi connectivity index (χ1) is 14.5. The van der Waals surface area contributed by atoms with E-state index >= 15 is 0 Å². The third-order valence-electron chi connectivity index (χ3n) is 5.15. The van der Waals surface area contributed by atoms with Gasteiger partial charge in [-0.05, 0) is 43.0 Å². The Labute approximate surface area is 179 Å². The van der Waals surface area contributed by atoms with Gasteiger partial charge < -0.3 is 5.32 Å². The van der Waals surface area contributed by atoms with E-state index in [0.29, 0.717) is 12.1 Å². The highest BCUT2D eigenvalue weighted by Crippen LogP contribution is 2.35. The molecule has 5 nitrogen and oxygen atoms in total. The number of sulfonamides is 1. The van der Waals surface area contributed by atoms with E-state index in [0.717, 1.165) is 42.2 Å². The van der Waals surface area contributed by atoms with Crippen LogP contribution in [0.2, 0.25) is 0 Å². The number of allylic oxidation sites excluding steroid dienone is 5. The standard InChI is InChI=1S/C22H23F3N2O3S/c1-14-5-3-6-16-7-4-8-19(18(16)11-9-14)27-31(29,30)21-12-10-17(22(23,24)25)13-20(21)26-15(2)28/h3-8,10,12,20,27H,9,11,13H2,1-2H3,(H,26,28). The second-order valence-electron chi connectivity index (χ2n) is 7.57. The molecular formula is C22H23F3N2O3S. The molecule has 3 rings (SSSR count). The minimum absolute atomic E-state index is 0.314. The van der Waals surface area contributed by atoms with Crippen LogP contribution in [0.4, 0.5) is 18.9 Å². The van der Waals surface area contributed by atoms with Crippen LogP contribution in [0.25, 0.3) is 6.08 Å². The Bertz CT molecular complexity index is 1110. The van der Waals surface area contributed by atoms with E-state index in [1.54, 1.807) is 12.1 Å². The maximum Gasteiger partial charge on any atom is 0.412 e. The van der Waals surface area contributed by atoms with Gasteiger partial charge in [0, 0.05) is 18.9 Å². The quantitative estimate of drug-likeness (QED) is 0.700. The van der Waals surface area contributed by atoms with Gasteiger partial charge in [-0.1, -0.05) is 42.0 Å². The molecule has 1 unspecified atom stereocenters. The van der Waals surface area contributed by atoms with Crippen LogP contribution in [0.1, 0.15) is 37.8 Å². The molecule has 2 N–H and O–H groups in total. The summed E-state index contributed by atoms with van der Waals surface area (Å²) < 4.78 is 68.2. The highest BCUT2D eigenvalue weighted by molar-refractivity contribution is 7.96. The highest BCUT2D eigenvalue weighted by atomic mass is 32.2. The van der Waals surface area contributed by atoms with Crippen LogP contribution in [0.15, 0.2) is 58.6 Å². The number of hydrogen-bond donors (Lipinski definition) is 2. The normalized spacial score (nSPS) is 19.3. The van der Waals surface area contributed by atoms with Crippen LogP contribution < -0.4 is 10.0 Å². The molecule has 1 aromatic rings. The van der Waals surface area contributed by atoms with Gasteiger partial charge in [0.1, 0.15) is 0 Å². The zero-order valence-electron chi connectivity index (χ0n) is 17.1. The van der Waals surface area contributed by atoms with Crippen LogP contribution >= 0.6 is 0 Å². The SMILES string of the molecule is CC(=O)NC1CC(C(F)(F)F)=CC=C1S(=O)(=O)Nc1cccc2c1CCC(C)=CC=C2. The minimum atomic E-state index is -4.61. The van der Waals surface area contributed by atoms with Crippen LogP contribution in [-0.2, 0) is 21.2 Å². The summed E-state index contributed by atoms with van der Waals surface area (Å²) in [5, 5.41) is 2.33. The van der Waals surface area contributed by atoms with E-state index in [1.807, 2.05) is 31.2 Å². The summed E-state index contributed by atoms with van der Waals surface area (Å²) in [4.78, 5) is 11.2. The molecule has 0 spiro atoms. The molecule has 0 aromatic heterocycles. The van der Waals surface area contributed by atoms with E-state index in [9.17, 15) is 26.4 Å². The lowest BCUT2D eigenvalue weighted by Gasteiger charge is -2.27. The van der Waals surface area contributed by atoms with Crippen molar-refractivity contribution in [2.45, 2.75) is 45.3 Å². The smallest absolute Gasteiger partial charge is 0.348 e. The molecule has 9 heteroatoms. The molecular weight excluding hydrogens is 429 g/mol. The Kier molecular flexibility index (Phi) is 6.45. The summed E-state index contributed by atoms with van der Waals surface area (Å²) in [6.07, 6.45) is 3.51. The summed E-state index contributed by atoms with van der Waals surface area (Å²) in [6, 6.07) is 3.89. The fourth-order valence-electron chi connectivity index (χ4n) is 3.60. The van der Waals surface area contributed by atoms with Gasteiger partial charge in [0.05, 0.1) is 16.6 Å². The van der Waals surface area contributed by atoms with Crippen molar-refractivity contribution in [3.63, 3.8) is 0 Å². The van der Waals surface area contributed by atoms with Gasteiger partial charge in [-0.25, -0.2) is 8.42 Å². The van der Waals surface area contributed by atoms with E-state index in [4.69, 9.17) is 0 Å². The highest BCUT2D eigenvalue weighted by Gasteiger charge is 2.40. The number of alkyl halides is 3. The van der Waals surface area contributed by atoms with Crippen molar-refractivity contribution < 1.29 is 26.4 Å². The molecule has 1 amide bonds. The molecule has 0 heterocycles. The van der Waals surface area contributed by atoms with Gasteiger partial charge in [0.15, 0.2) is 0 Å². The molecule has 2 aliphatic rings. The van der Waals surface area contributed by atoms with Crippen LogP contribution in [0.3, 0.4) is 0 Å². The van der Waals surface area contributed by atoms with Crippen molar-refractivity contribution in [2.75, 3.05) is 4.72 Å². The maximum atomic E-state index is 13.1. The molecule has 0 fully saturated rings. The van der Waals surface area contributed by atoms with Crippen LogP contribution in [0.5, 0.6) is 0 Å². The number of amides is 1. The Hall–Kier alpha value is -2.81.